The van der Waals surface area contributed by atoms with Crippen molar-refractivity contribution in [2.24, 2.45) is 0 Å². The summed E-state index contributed by atoms with van der Waals surface area (Å²) in [6.45, 7) is 5.32. The van der Waals surface area contributed by atoms with Crippen LogP contribution in [0.5, 0.6) is 0 Å². The first-order valence-electron chi connectivity index (χ1n) is 13.4. The SMILES string of the molecule is C=CCCCCC(=O)CC[C@H](OCc1ccccc1)[C@H](O)[C@@H](O)CCCCCOCc1ccccc1. The first-order valence-corrected chi connectivity index (χ1v) is 13.4. The Hall–Kier alpha value is -2.31. The van der Waals surface area contributed by atoms with Gasteiger partial charge in [-0.25, -0.2) is 0 Å². The van der Waals surface area contributed by atoms with Crippen molar-refractivity contribution in [2.45, 2.75) is 95.7 Å². The molecule has 0 unspecified atom stereocenters. The molecule has 198 valence electrons. The highest BCUT2D eigenvalue weighted by atomic mass is 16.5. The minimum atomic E-state index is -1.03. The zero-order chi connectivity index (χ0) is 25.8. The van der Waals surface area contributed by atoms with Crippen molar-refractivity contribution in [3.05, 3.63) is 84.4 Å². The minimum absolute atomic E-state index is 0.171. The Morgan fingerprint density at radius 2 is 1.47 bits per heavy atom. The van der Waals surface area contributed by atoms with E-state index < -0.39 is 18.3 Å². The van der Waals surface area contributed by atoms with Crippen LogP contribution in [0, 0.1) is 0 Å². The van der Waals surface area contributed by atoms with Gasteiger partial charge in [0.2, 0.25) is 0 Å². The van der Waals surface area contributed by atoms with Crippen LogP contribution in [0.25, 0.3) is 0 Å². The fourth-order valence-electron chi connectivity index (χ4n) is 4.09. The highest BCUT2D eigenvalue weighted by molar-refractivity contribution is 5.78. The summed E-state index contributed by atoms with van der Waals surface area (Å²) < 4.78 is 11.7. The van der Waals surface area contributed by atoms with Crippen LogP contribution < -0.4 is 0 Å². The topological polar surface area (TPSA) is 76.0 Å². The van der Waals surface area contributed by atoms with E-state index in [9.17, 15) is 15.0 Å². The molecule has 0 saturated carbocycles. The molecule has 0 aliphatic heterocycles. The molecule has 36 heavy (non-hydrogen) atoms. The quantitative estimate of drug-likeness (QED) is 0.160. The largest absolute Gasteiger partial charge is 0.390 e. The van der Waals surface area contributed by atoms with E-state index in [2.05, 4.69) is 6.58 Å². The number of rotatable bonds is 21. The fourth-order valence-corrected chi connectivity index (χ4v) is 4.09. The monoisotopic (exact) mass is 496 g/mol. The molecule has 0 aliphatic carbocycles. The lowest BCUT2D eigenvalue weighted by Crippen LogP contribution is -2.39. The maximum absolute atomic E-state index is 12.3. The van der Waals surface area contributed by atoms with E-state index in [4.69, 9.17) is 9.47 Å². The van der Waals surface area contributed by atoms with Crippen molar-refractivity contribution in [3.8, 4) is 0 Å². The van der Waals surface area contributed by atoms with Crippen molar-refractivity contribution in [1.82, 2.24) is 0 Å². The van der Waals surface area contributed by atoms with E-state index in [1.807, 2.05) is 66.7 Å². The van der Waals surface area contributed by atoms with E-state index in [0.29, 0.717) is 45.5 Å². The Kier molecular flexibility index (Phi) is 15.7. The van der Waals surface area contributed by atoms with Crippen LogP contribution in [0.15, 0.2) is 73.3 Å². The minimum Gasteiger partial charge on any atom is -0.390 e. The summed E-state index contributed by atoms with van der Waals surface area (Å²) in [4.78, 5) is 12.3. The summed E-state index contributed by atoms with van der Waals surface area (Å²) >= 11 is 0. The van der Waals surface area contributed by atoms with Crippen LogP contribution >= 0.6 is 0 Å². The van der Waals surface area contributed by atoms with Gasteiger partial charge in [-0.15, -0.1) is 6.58 Å². The van der Waals surface area contributed by atoms with Crippen molar-refractivity contribution in [2.75, 3.05) is 6.61 Å². The van der Waals surface area contributed by atoms with Crippen molar-refractivity contribution in [1.29, 1.82) is 0 Å². The summed E-state index contributed by atoms with van der Waals surface area (Å²) in [6.07, 6.45) is 6.46. The first-order chi connectivity index (χ1) is 17.6. The predicted molar refractivity (Wildman–Crippen MR) is 145 cm³/mol. The molecule has 2 rings (SSSR count). The molecule has 0 radical (unpaired) electrons. The number of Topliss-reactive ketones (excluding diaryl/α,β-unsaturated/α-hetero) is 1. The van der Waals surface area contributed by atoms with Gasteiger partial charge >= 0.3 is 0 Å². The fraction of sp³-hybridized carbons (Fsp3) is 0.516. The van der Waals surface area contributed by atoms with Gasteiger partial charge < -0.3 is 19.7 Å². The lowest BCUT2D eigenvalue weighted by molar-refractivity contribution is -0.123. The van der Waals surface area contributed by atoms with Crippen LogP contribution in [-0.4, -0.2) is 40.9 Å². The number of unbranched alkanes of at least 4 members (excludes halogenated alkanes) is 4. The Morgan fingerprint density at radius 3 is 2.14 bits per heavy atom. The Morgan fingerprint density at radius 1 is 0.806 bits per heavy atom. The number of carbonyl (C=O) groups excluding carboxylic acids is 1. The molecular formula is C31H44O5. The number of carbonyl (C=O) groups is 1. The summed E-state index contributed by atoms with van der Waals surface area (Å²) in [7, 11) is 0. The summed E-state index contributed by atoms with van der Waals surface area (Å²) in [5.41, 5.74) is 2.16. The predicted octanol–water partition coefficient (Wildman–Crippen LogP) is 6.17. The smallest absolute Gasteiger partial charge is 0.133 e. The number of aliphatic hydroxyl groups excluding tert-OH is 2. The Bertz CT molecular complexity index is 823. The number of benzene rings is 2. The number of hydrogen-bond acceptors (Lipinski definition) is 5. The maximum Gasteiger partial charge on any atom is 0.133 e. The molecule has 0 fully saturated rings. The second kappa shape index (κ2) is 18.9. The second-order valence-corrected chi connectivity index (χ2v) is 9.39. The third-order valence-corrected chi connectivity index (χ3v) is 6.30. The van der Waals surface area contributed by atoms with Gasteiger partial charge in [0.15, 0.2) is 0 Å². The summed E-state index contributed by atoms with van der Waals surface area (Å²) in [5.74, 6) is 0.171. The lowest BCUT2D eigenvalue weighted by Gasteiger charge is -2.27. The molecule has 0 amide bonds. The molecule has 3 atom stereocenters. The highest BCUT2D eigenvalue weighted by Gasteiger charge is 2.27. The average molecular weight is 497 g/mol. The van der Waals surface area contributed by atoms with Gasteiger partial charge in [0.25, 0.3) is 0 Å². The van der Waals surface area contributed by atoms with Crippen molar-refractivity contribution < 1.29 is 24.5 Å². The van der Waals surface area contributed by atoms with Gasteiger partial charge in [-0.2, -0.15) is 0 Å². The van der Waals surface area contributed by atoms with Gasteiger partial charge in [0, 0.05) is 19.4 Å². The van der Waals surface area contributed by atoms with Gasteiger partial charge in [-0.3, -0.25) is 4.79 Å². The van der Waals surface area contributed by atoms with Crippen LogP contribution in [0.1, 0.15) is 75.3 Å². The molecule has 0 heterocycles. The zero-order valence-corrected chi connectivity index (χ0v) is 21.6. The Balaban J connectivity index is 1.72. The van der Waals surface area contributed by atoms with Gasteiger partial charge in [0.1, 0.15) is 11.9 Å². The zero-order valence-electron chi connectivity index (χ0n) is 21.6. The van der Waals surface area contributed by atoms with E-state index in [1.165, 1.54) is 0 Å². The van der Waals surface area contributed by atoms with Gasteiger partial charge in [-0.05, 0) is 49.7 Å². The highest BCUT2D eigenvalue weighted by Crippen LogP contribution is 2.19. The molecule has 0 aromatic heterocycles. The van der Waals surface area contributed by atoms with Gasteiger partial charge in [0.05, 0.1) is 25.4 Å². The average Bonchev–Trinajstić information content (AvgIpc) is 2.91. The standard InChI is InChI=1S/C31H44O5/c1-2-3-4-12-19-28(32)21-22-30(36-25-27-17-10-6-11-18-27)31(34)29(33)20-13-7-14-23-35-24-26-15-8-5-9-16-26/h2,5-6,8-11,15-18,29-31,33-34H,1,3-4,7,12-14,19-25H2/t29-,30-,31+/m0/s1. The number of hydrogen-bond donors (Lipinski definition) is 2. The summed E-state index contributed by atoms with van der Waals surface area (Å²) in [5, 5.41) is 21.5. The molecule has 2 N–H and O–H groups in total. The first kappa shape index (κ1) is 29.9. The van der Waals surface area contributed by atoms with Crippen LogP contribution in [0.3, 0.4) is 0 Å². The van der Waals surface area contributed by atoms with E-state index in [0.717, 1.165) is 49.7 Å². The van der Waals surface area contributed by atoms with Crippen LogP contribution in [0.4, 0.5) is 0 Å². The van der Waals surface area contributed by atoms with Crippen LogP contribution in [-0.2, 0) is 27.5 Å². The van der Waals surface area contributed by atoms with Crippen molar-refractivity contribution in [3.63, 3.8) is 0 Å². The van der Waals surface area contributed by atoms with Crippen LogP contribution in [0.2, 0.25) is 0 Å². The van der Waals surface area contributed by atoms with Gasteiger partial charge in [-0.1, -0.05) is 79.6 Å². The number of ketones is 1. The van der Waals surface area contributed by atoms with Crippen molar-refractivity contribution >= 4 is 5.78 Å². The summed E-state index contributed by atoms with van der Waals surface area (Å²) in [6, 6.07) is 19.8. The lowest BCUT2D eigenvalue weighted by atomic mass is 9.97. The third-order valence-electron chi connectivity index (χ3n) is 6.30. The molecule has 2 aromatic carbocycles. The molecule has 0 spiro atoms. The molecule has 5 heteroatoms. The number of aliphatic hydroxyl groups is 2. The molecular weight excluding hydrogens is 452 g/mol. The van der Waals surface area contributed by atoms with E-state index in [1.54, 1.807) is 0 Å². The molecule has 0 aliphatic rings. The Labute approximate surface area is 217 Å². The third kappa shape index (κ3) is 13.1. The molecule has 5 nitrogen and oxygen atoms in total. The molecule has 0 saturated heterocycles. The van der Waals surface area contributed by atoms with E-state index >= 15 is 0 Å². The second-order valence-electron chi connectivity index (χ2n) is 9.39. The normalized spacial score (nSPS) is 13.7. The molecule has 0 bridgehead atoms. The molecule has 2 aromatic rings. The number of ether oxygens (including phenoxy) is 2. The maximum atomic E-state index is 12.3. The number of allylic oxidation sites excluding steroid dienone is 1. The van der Waals surface area contributed by atoms with E-state index in [-0.39, 0.29) is 5.78 Å².